The Morgan fingerprint density at radius 2 is 1.12 bits per heavy atom. The molecule has 4 aromatic rings. The molecular formula is C25H32N6O. The van der Waals surface area contributed by atoms with Crippen LogP contribution in [0.2, 0.25) is 0 Å². The van der Waals surface area contributed by atoms with E-state index in [1.807, 2.05) is 33.9 Å². The van der Waals surface area contributed by atoms with E-state index in [-0.39, 0.29) is 0 Å². The number of rotatable bonds is 10. The van der Waals surface area contributed by atoms with E-state index >= 15 is 0 Å². The van der Waals surface area contributed by atoms with E-state index in [1.54, 1.807) is 24.5 Å². The molecule has 0 saturated carbocycles. The lowest BCUT2D eigenvalue weighted by Gasteiger charge is -2.02. The van der Waals surface area contributed by atoms with Gasteiger partial charge in [0.15, 0.2) is 0 Å². The van der Waals surface area contributed by atoms with Gasteiger partial charge in [0.2, 0.25) is 0 Å². The number of aryl methyl sites for hydroxylation is 5. The zero-order chi connectivity index (χ0) is 22.4. The van der Waals surface area contributed by atoms with Crippen molar-refractivity contribution in [2.45, 2.75) is 58.5 Å². The highest BCUT2D eigenvalue weighted by molar-refractivity contribution is 5.25. The van der Waals surface area contributed by atoms with Crippen molar-refractivity contribution < 1.29 is 5.11 Å². The van der Waals surface area contributed by atoms with Crippen molar-refractivity contribution in [3.05, 3.63) is 90.0 Å². The molecule has 0 aliphatic rings. The predicted molar refractivity (Wildman–Crippen MR) is 125 cm³/mol. The highest BCUT2D eigenvalue weighted by atomic mass is 16.3. The number of hydrogen-bond acceptors (Lipinski definition) is 5. The van der Waals surface area contributed by atoms with E-state index in [9.17, 15) is 0 Å². The topological polar surface area (TPSA) is 81.6 Å². The fourth-order valence-corrected chi connectivity index (χ4v) is 3.33. The van der Waals surface area contributed by atoms with E-state index in [0.29, 0.717) is 5.75 Å². The zero-order valence-corrected chi connectivity index (χ0v) is 18.7. The molecule has 0 aliphatic heterocycles. The average Bonchev–Trinajstić information content (AvgIpc) is 3.52. The zero-order valence-electron chi connectivity index (χ0n) is 18.7. The van der Waals surface area contributed by atoms with Crippen molar-refractivity contribution in [3.8, 4) is 5.75 Å². The van der Waals surface area contributed by atoms with Gasteiger partial charge in [0, 0.05) is 25.5 Å². The van der Waals surface area contributed by atoms with Crippen LogP contribution in [0.3, 0.4) is 0 Å². The number of phenols is 1. The van der Waals surface area contributed by atoms with Crippen LogP contribution in [-0.2, 0) is 25.9 Å². The lowest BCUT2D eigenvalue weighted by atomic mass is 10.1. The Labute approximate surface area is 189 Å². The Hall–Kier alpha value is -3.48. The van der Waals surface area contributed by atoms with Crippen molar-refractivity contribution in [3.63, 3.8) is 0 Å². The summed E-state index contributed by atoms with van der Waals surface area (Å²) >= 11 is 0. The van der Waals surface area contributed by atoms with Gasteiger partial charge in [-0.05, 0) is 68.7 Å². The van der Waals surface area contributed by atoms with Crippen LogP contribution in [-0.4, -0.2) is 35.1 Å². The molecule has 0 saturated heterocycles. The molecule has 0 spiro atoms. The van der Waals surface area contributed by atoms with Gasteiger partial charge in [-0.1, -0.05) is 52.4 Å². The highest BCUT2D eigenvalue weighted by Gasteiger charge is 1.96. The van der Waals surface area contributed by atoms with Crippen LogP contribution in [0.4, 0.5) is 0 Å². The number of unbranched alkanes of at least 4 members (excludes halogenated alkanes) is 2. The molecule has 0 bridgehead atoms. The van der Waals surface area contributed by atoms with Gasteiger partial charge in [-0.25, -0.2) is 0 Å². The van der Waals surface area contributed by atoms with Gasteiger partial charge in [0.05, 0.1) is 12.4 Å². The van der Waals surface area contributed by atoms with Crippen LogP contribution in [0.15, 0.2) is 73.3 Å². The molecule has 4 rings (SSSR count). The summed E-state index contributed by atoms with van der Waals surface area (Å²) in [6.07, 6.45) is 13.9. The molecule has 2 aromatic heterocycles. The molecule has 2 heterocycles. The average molecular weight is 433 g/mol. The summed E-state index contributed by atoms with van der Waals surface area (Å²) in [5.74, 6) is 0.325. The van der Waals surface area contributed by atoms with Gasteiger partial charge in [0.1, 0.15) is 5.75 Å². The van der Waals surface area contributed by atoms with Gasteiger partial charge in [-0.3, -0.25) is 9.36 Å². The second-order valence-corrected chi connectivity index (χ2v) is 7.90. The maximum Gasteiger partial charge on any atom is 0.115 e. The maximum absolute atomic E-state index is 9.13. The summed E-state index contributed by atoms with van der Waals surface area (Å²) in [6.45, 7) is 4.00. The largest absolute Gasteiger partial charge is 0.508 e. The Kier molecular flexibility index (Phi) is 9.45. The number of phenolic OH excluding ortho intramolecular Hbond substituents is 1. The smallest absolute Gasteiger partial charge is 0.115 e. The molecular weight excluding hydrogens is 400 g/mol. The van der Waals surface area contributed by atoms with Crippen LogP contribution in [0, 0.1) is 6.92 Å². The summed E-state index contributed by atoms with van der Waals surface area (Å²) in [7, 11) is 0. The molecule has 0 unspecified atom stereocenters. The second kappa shape index (κ2) is 13.0. The second-order valence-electron chi connectivity index (χ2n) is 7.90. The third kappa shape index (κ3) is 8.71. The quantitative estimate of drug-likeness (QED) is 0.370. The van der Waals surface area contributed by atoms with Gasteiger partial charge < -0.3 is 5.11 Å². The third-order valence-electron chi connectivity index (χ3n) is 5.21. The monoisotopic (exact) mass is 432 g/mol. The molecule has 0 amide bonds. The van der Waals surface area contributed by atoms with E-state index in [2.05, 4.69) is 51.8 Å². The van der Waals surface area contributed by atoms with E-state index in [1.165, 1.54) is 23.1 Å². The first kappa shape index (κ1) is 23.2. The summed E-state index contributed by atoms with van der Waals surface area (Å²) < 4.78 is 3.73. The van der Waals surface area contributed by atoms with E-state index in [0.717, 1.165) is 45.2 Å². The summed E-state index contributed by atoms with van der Waals surface area (Å²) in [4.78, 5) is 0. The maximum atomic E-state index is 9.13. The molecule has 0 atom stereocenters. The lowest BCUT2D eigenvalue weighted by Crippen LogP contribution is -1.99. The molecule has 0 radical (unpaired) electrons. The molecule has 0 fully saturated rings. The van der Waals surface area contributed by atoms with Crippen molar-refractivity contribution in [1.82, 2.24) is 30.0 Å². The standard InChI is InChI=1S/C13H17N3.C12H15N3O/c1-12-5-7-13(8-6-12)4-2-3-10-16-11-9-14-15-16;16-12-6-4-11(5-7-12)3-1-2-9-15-10-8-13-14-15/h5-9,11H,2-4,10H2,1H3;4-8,10,16H,1-3,9H2. The Morgan fingerprint density at radius 3 is 1.56 bits per heavy atom. The summed E-state index contributed by atoms with van der Waals surface area (Å²) in [5, 5.41) is 24.5. The minimum atomic E-state index is 0.325. The summed E-state index contributed by atoms with van der Waals surface area (Å²) in [5.41, 5.74) is 4.01. The van der Waals surface area contributed by atoms with Gasteiger partial charge in [-0.15, -0.1) is 10.2 Å². The number of nitrogens with zero attached hydrogens (tertiary/aromatic N) is 6. The number of aromatic hydroxyl groups is 1. The normalized spacial score (nSPS) is 10.5. The molecule has 2 aromatic carbocycles. The molecule has 7 heteroatoms. The molecule has 1 N–H and O–H groups in total. The Bertz CT molecular complexity index is 896. The first-order valence-electron chi connectivity index (χ1n) is 11.2. The molecule has 0 aliphatic carbocycles. The number of hydrogen-bond donors (Lipinski definition) is 1. The fourth-order valence-electron chi connectivity index (χ4n) is 3.33. The lowest BCUT2D eigenvalue weighted by molar-refractivity contribution is 0.475. The van der Waals surface area contributed by atoms with Gasteiger partial charge in [-0.2, -0.15) is 0 Å². The predicted octanol–water partition coefficient (Wildman–Crippen LogP) is 4.62. The Morgan fingerprint density at radius 1 is 0.656 bits per heavy atom. The minimum Gasteiger partial charge on any atom is -0.508 e. The summed E-state index contributed by atoms with van der Waals surface area (Å²) in [6, 6.07) is 16.2. The van der Waals surface area contributed by atoms with E-state index in [4.69, 9.17) is 5.11 Å². The fraction of sp³-hybridized carbons (Fsp3) is 0.360. The van der Waals surface area contributed by atoms with Crippen LogP contribution in [0.25, 0.3) is 0 Å². The van der Waals surface area contributed by atoms with Crippen LogP contribution in [0.5, 0.6) is 5.75 Å². The number of benzene rings is 2. The van der Waals surface area contributed by atoms with Gasteiger partial charge >= 0.3 is 0 Å². The van der Waals surface area contributed by atoms with Crippen molar-refractivity contribution in [2.75, 3.05) is 0 Å². The van der Waals surface area contributed by atoms with Crippen LogP contribution >= 0.6 is 0 Å². The number of aromatic nitrogens is 6. The molecule has 32 heavy (non-hydrogen) atoms. The van der Waals surface area contributed by atoms with E-state index < -0.39 is 0 Å². The third-order valence-corrected chi connectivity index (χ3v) is 5.21. The van der Waals surface area contributed by atoms with Gasteiger partial charge in [0.25, 0.3) is 0 Å². The Balaban J connectivity index is 0.000000181. The van der Waals surface area contributed by atoms with Crippen LogP contribution < -0.4 is 0 Å². The van der Waals surface area contributed by atoms with Crippen molar-refractivity contribution >= 4 is 0 Å². The first-order chi connectivity index (χ1) is 15.7. The molecule has 7 nitrogen and oxygen atoms in total. The van der Waals surface area contributed by atoms with Crippen LogP contribution in [0.1, 0.15) is 42.4 Å². The first-order valence-corrected chi connectivity index (χ1v) is 11.2. The van der Waals surface area contributed by atoms with Crippen molar-refractivity contribution in [2.24, 2.45) is 0 Å². The van der Waals surface area contributed by atoms with Crippen molar-refractivity contribution in [1.29, 1.82) is 0 Å². The SMILES string of the molecule is Cc1ccc(CCCCn2ccnn2)cc1.Oc1ccc(CCCCn2ccnn2)cc1. The molecule has 168 valence electrons. The highest BCUT2D eigenvalue weighted by Crippen LogP contribution is 2.12. The minimum absolute atomic E-state index is 0.325.